The van der Waals surface area contributed by atoms with Gasteiger partial charge in [-0.25, -0.2) is 9.97 Å². The zero-order valence-corrected chi connectivity index (χ0v) is 18.4. The molecule has 1 N–H and O–H groups in total. The van der Waals surface area contributed by atoms with Crippen LogP contribution in [0.2, 0.25) is 0 Å². The zero-order valence-electron chi connectivity index (χ0n) is 17.6. The van der Waals surface area contributed by atoms with Crippen LogP contribution in [0.25, 0.3) is 21.6 Å². The van der Waals surface area contributed by atoms with Crippen LogP contribution in [0.1, 0.15) is 24.1 Å². The third-order valence-corrected chi connectivity index (χ3v) is 6.21. The first-order chi connectivity index (χ1) is 15.2. The lowest BCUT2D eigenvalue weighted by molar-refractivity contribution is -0.140. The quantitative estimate of drug-likeness (QED) is 0.608. The van der Waals surface area contributed by atoms with E-state index in [1.807, 2.05) is 6.92 Å². The standard InChI is InChI=1S/C21H21F3N4O3S/c1-11-15(30-3)7-6-12-16(31-28-8-4-5-14(28)19(29)25-2)9-13(26-18(11)12)20-27-17(10-32-20)21(22,23)24/h6-7,9-10,14H,4-5,8H2,1-3H3,(H,25,29). The van der Waals surface area contributed by atoms with Crippen molar-refractivity contribution in [2.45, 2.75) is 32.0 Å². The fourth-order valence-electron chi connectivity index (χ4n) is 3.71. The summed E-state index contributed by atoms with van der Waals surface area (Å²) < 4.78 is 44.6. The summed E-state index contributed by atoms with van der Waals surface area (Å²) in [6.07, 6.45) is -3.12. The van der Waals surface area contributed by atoms with Crippen molar-refractivity contribution in [3.63, 3.8) is 0 Å². The normalized spacial score (nSPS) is 17.0. The lowest BCUT2D eigenvalue weighted by Gasteiger charge is -2.24. The van der Waals surface area contributed by atoms with Crippen molar-refractivity contribution in [3.05, 3.63) is 34.8 Å². The molecular formula is C21H21F3N4O3S. The van der Waals surface area contributed by atoms with E-state index in [1.165, 1.54) is 7.11 Å². The van der Waals surface area contributed by atoms with E-state index in [0.29, 0.717) is 40.9 Å². The van der Waals surface area contributed by atoms with Crippen LogP contribution >= 0.6 is 11.3 Å². The van der Waals surface area contributed by atoms with Crippen molar-refractivity contribution in [1.29, 1.82) is 0 Å². The van der Waals surface area contributed by atoms with Crippen molar-refractivity contribution in [3.8, 4) is 22.2 Å². The molecule has 0 aliphatic carbocycles. The van der Waals surface area contributed by atoms with Gasteiger partial charge < -0.3 is 14.9 Å². The van der Waals surface area contributed by atoms with Crippen molar-refractivity contribution in [2.24, 2.45) is 0 Å². The highest BCUT2D eigenvalue weighted by molar-refractivity contribution is 7.13. The van der Waals surface area contributed by atoms with Crippen LogP contribution < -0.4 is 14.9 Å². The number of hydrogen-bond acceptors (Lipinski definition) is 7. The molecule has 3 heterocycles. The number of nitrogens with one attached hydrogen (secondary N) is 1. The van der Waals surface area contributed by atoms with Gasteiger partial charge in [0.1, 0.15) is 22.5 Å². The number of pyridine rings is 1. The first-order valence-electron chi connectivity index (χ1n) is 9.90. The second-order valence-electron chi connectivity index (χ2n) is 7.33. The Balaban J connectivity index is 1.83. The van der Waals surface area contributed by atoms with Gasteiger partial charge in [-0.1, -0.05) is 0 Å². The lowest BCUT2D eigenvalue weighted by atomic mass is 10.1. The number of aryl methyl sites for hydroxylation is 1. The molecule has 0 bridgehead atoms. The number of amides is 1. The maximum absolute atomic E-state index is 13.1. The summed E-state index contributed by atoms with van der Waals surface area (Å²) in [5, 5.41) is 5.97. The molecule has 1 aromatic carbocycles. The minimum atomic E-state index is -4.54. The average Bonchev–Trinajstić information content (AvgIpc) is 3.43. The molecule has 0 radical (unpaired) electrons. The largest absolute Gasteiger partial charge is 0.496 e. The Hall–Kier alpha value is -2.92. The molecule has 1 saturated heterocycles. The van der Waals surface area contributed by atoms with E-state index in [2.05, 4.69) is 15.3 Å². The van der Waals surface area contributed by atoms with Gasteiger partial charge in [0.25, 0.3) is 0 Å². The van der Waals surface area contributed by atoms with Crippen LogP contribution in [0.5, 0.6) is 11.5 Å². The second-order valence-corrected chi connectivity index (χ2v) is 8.19. The van der Waals surface area contributed by atoms with Crippen molar-refractivity contribution in [1.82, 2.24) is 20.3 Å². The first-order valence-corrected chi connectivity index (χ1v) is 10.8. The van der Waals surface area contributed by atoms with Gasteiger partial charge in [0.2, 0.25) is 5.91 Å². The van der Waals surface area contributed by atoms with Gasteiger partial charge in [0, 0.05) is 36.0 Å². The molecule has 0 spiro atoms. The number of benzene rings is 1. The predicted molar refractivity (Wildman–Crippen MR) is 114 cm³/mol. The van der Waals surface area contributed by atoms with Crippen LogP contribution in [0, 0.1) is 6.92 Å². The monoisotopic (exact) mass is 466 g/mol. The molecule has 1 aliphatic heterocycles. The third kappa shape index (κ3) is 4.09. The number of hydrogen-bond donors (Lipinski definition) is 1. The minimum Gasteiger partial charge on any atom is -0.496 e. The maximum atomic E-state index is 13.1. The number of rotatable bonds is 5. The molecule has 7 nitrogen and oxygen atoms in total. The van der Waals surface area contributed by atoms with Gasteiger partial charge in [0.15, 0.2) is 11.4 Å². The number of ether oxygens (including phenoxy) is 1. The number of carbonyl (C=O) groups is 1. The van der Waals surface area contributed by atoms with Gasteiger partial charge >= 0.3 is 6.18 Å². The highest BCUT2D eigenvalue weighted by Crippen LogP contribution is 2.38. The van der Waals surface area contributed by atoms with E-state index in [4.69, 9.17) is 9.57 Å². The Labute approximate surface area is 186 Å². The number of halogens is 3. The van der Waals surface area contributed by atoms with E-state index in [0.717, 1.165) is 23.1 Å². The number of carbonyl (C=O) groups excluding carboxylic acids is 1. The van der Waals surface area contributed by atoms with Crippen LogP contribution in [-0.4, -0.2) is 47.7 Å². The Morgan fingerprint density at radius 2 is 2.06 bits per heavy atom. The van der Waals surface area contributed by atoms with E-state index >= 15 is 0 Å². The summed E-state index contributed by atoms with van der Waals surface area (Å²) in [5.41, 5.74) is 0.522. The summed E-state index contributed by atoms with van der Waals surface area (Å²) in [6, 6.07) is 4.66. The van der Waals surface area contributed by atoms with Gasteiger partial charge in [-0.05, 0) is 31.9 Å². The van der Waals surface area contributed by atoms with Crippen molar-refractivity contribution >= 4 is 28.1 Å². The summed E-state index contributed by atoms with van der Waals surface area (Å²) in [5.74, 6) is 0.816. The number of thiazole rings is 1. The number of hydroxylamine groups is 2. The molecule has 170 valence electrons. The number of aromatic nitrogens is 2. The van der Waals surface area contributed by atoms with E-state index in [9.17, 15) is 18.0 Å². The number of likely N-dealkylation sites (N-methyl/N-ethyl adjacent to an activating group) is 1. The molecule has 1 atom stereocenters. The van der Waals surface area contributed by atoms with Gasteiger partial charge in [-0.15, -0.1) is 16.4 Å². The zero-order chi connectivity index (χ0) is 23.0. The number of fused-ring (bicyclic) bond motifs is 1. The van der Waals surface area contributed by atoms with Crippen LogP contribution in [0.3, 0.4) is 0 Å². The SMILES string of the molecule is CNC(=O)C1CCCN1Oc1cc(-c2nc(C(F)(F)F)cs2)nc2c(C)c(OC)ccc12. The maximum Gasteiger partial charge on any atom is 0.434 e. The topological polar surface area (TPSA) is 76.6 Å². The van der Waals surface area contributed by atoms with Crippen LogP contribution in [0.15, 0.2) is 23.6 Å². The van der Waals surface area contributed by atoms with Crippen LogP contribution in [-0.2, 0) is 11.0 Å². The molecule has 0 saturated carbocycles. The van der Waals surface area contributed by atoms with Crippen LogP contribution in [0.4, 0.5) is 13.2 Å². The number of methoxy groups -OCH3 is 1. The second kappa shape index (κ2) is 8.55. The Morgan fingerprint density at radius 1 is 1.28 bits per heavy atom. The average molecular weight is 466 g/mol. The summed E-state index contributed by atoms with van der Waals surface area (Å²) in [7, 11) is 3.10. The summed E-state index contributed by atoms with van der Waals surface area (Å²) >= 11 is 0.856. The van der Waals surface area contributed by atoms with Crippen molar-refractivity contribution in [2.75, 3.05) is 20.7 Å². The number of alkyl halides is 3. The predicted octanol–water partition coefficient (Wildman–Crippen LogP) is 4.20. The third-order valence-electron chi connectivity index (χ3n) is 5.35. The highest BCUT2D eigenvalue weighted by atomic mass is 32.1. The Morgan fingerprint density at radius 3 is 2.72 bits per heavy atom. The van der Waals surface area contributed by atoms with Gasteiger partial charge in [0.05, 0.1) is 12.6 Å². The van der Waals surface area contributed by atoms with E-state index < -0.39 is 17.9 Å². The van der Waals surface area contributed by atoms with Gasteiger partial charge in [-0.2, -0.15) is 13.2 Å². The number of nitrogens with zero attached hydrogens (tertiary/aromatic N) is 3. The summed E-state index contributed by atoms with van der Waals surface area (Å²) in [4.78, 5) is 26.7. The molecule has 3 aromatic rings. The first kappa shape index (κ1) is 22.3. The summed E-state index contributed by atoms with van der Waals surface area (Å²) in [6.45, 7) is 2.36. The Kier molecular flexibility index (Phi) is 5.95. The lowest BCUT2D eigenvalue weighted by Crippen LogP contribution is -2.43. The fraction of sp³-hybridized carbons (Fsp3) is 0.381. The molecule has 1 aliphatic rings. The molecule has 1 amide bonds. The fourth-order valence-corrected chi connectivity index (χ4v) is 4.50. The van der Waals surface area contributed by atoms with E-state index in [1.54, 1.807) is 30.3 Å². The molecule has 2 aromatic heterocycles. The van der Waals surface area contributed by atoms with E-state index in [-0.39, 0.29) is 16.6 Å². The van der Waals surface area contributed by atoms with Gasteiger partial charge in [-0.3, -0.25) is 4.79 Å². The molecule has 32 heavy (non-hydrogen) atoms. The minimum absolute atomic E-state index is 0.121. The molecular weight excluding hydrogens is 445 g/mol. The molecule has 1 unspecified atom stereocenters. The molecule has 4 rings (SSSR count). The Bertz CT molecular complexity index is 1170. The smallest absolute Gasteiger partial charge is 0.434 e. The molecule has 11 heteroatoms. The van der Waals surface area contributed by atoms with Crippen molar-refractivity contribution < 1.29 is 27.5 Å². The highest BCUT2D eigenvalue weighted by Gasteiger charge is 2.35. The molecule has 1 fully saturated rings.